The molecule has 1 aromatic heterocycles. The molecule has 1 saturated heterocycles. The maximum Gasteiger partial charge on any atom is 0.322 e. The van der Waals surface area contributed by atoms with E-state index in [0.29, 0.717) is 35.8 Å². The normalized spacial score (nSPS) is 16.0. The summed E-state index contributed by atoms with van der Waals surface area (Å²) in [5, 5.41) is 3.79. The number of amides is 3. The van der Waals surface area contributed by atoms with E-state index in [1.807, 2.05) is 12.1 Å². The number of likely N-dealkylation sites (tertiary alicyclic amines) is 1. The Morgan fingerprint density at radius 1 is 1.24 bits per heavy atom. The number of carbonyl (C=O) groups excluding carboxylic acids is 2. The van der Waals surface area contributed by atoms with Gasteiger partial charge in [0.1, 0.15) is 11.2 Å². The Morgan fingerprint density at radius 3 is 2.59 bits per heavy atom. The molecule has 0 radical (unpaired) electrons. The molecule has 0 aliphatic carbocycles. The van der Waals surface area contributed by atoms with Crippen molar-refractivity contribution < 1.29 is 9.59 Å². The van der Waals surface area contributed by atoms with Gasteiger partial charge in [0.15, 0.2) is 5.15 Å². The van der Waals surface area contributed by atoms with Crippen LogP contribution in [0.4, 0.5) is 10.5 Å². The van der Waals surface area contributed by atoms with E-state index in [4.69, 9.17) is 34.8 Å². The molecule has 1 atom stereocenters. The van der Waals surface area contributed by atoms with E-state index in [2.05, 4.69) is 10.3 Å². The van der Waals surface area contributed by atoms with Gasteiger partial charge in [0, 0.05) is 25.2 Å². The first-order chi connectivity index (χ1) is 13.8. The molecule has 1 fully saturated rings. The zero-order chi connectivity index (χ0) is 21.1. The Bertz CT molecular complexity index is 897. The first kappa shape index (κ1) is 21.7. The van der Waals surface area contributed by atoms with Gasteiger partial charge in [-0.1, -0.05) is 46.9 Å². The minimum absolute atomic E-state index is 0.107. The van der Waals surface area contributed by atoms with Crippen molar-refractivity contribution >= 4 is 52.4 Å². The zero-order valence-corrected chi connectivity index (χ0v) is 18.4. The van der Waals surface area contributed by atoms with Crippen molar-refractivity contribution in [1.82, 2.24) is 14.8 Å². The van der Waals surface area contributed by atoms with Gasteiger partial charge in [0.05, 0.1) is 5.69 Å². The van der Waals surface area contributed by atoms with Crippen LogP contribution in [0.5, 0.6) is 0 Å². The van der Waals surface area contributed by atoms with Gasteiger partial charge in [-0.25, -0.2) is 9.78 Å². The molecule has 2 aromatic rings. The van der Waals surface area contributed by atoms with E-state index in [-0.39, 0.29) is 22.2 Å². The van der Waals surface area contributed by atoms with Crippen molar-refractivity contribution in [3.63, 3.8) is 0 Å². The zero-order valence-electron chi connectivity index (χ0n) is 16.1. The highest BCUT2D eigenvalue weighted by Crippen LogP contribution is 2.28. The van der Waals surface area contributed by atoms with Crippen molar-refractivity contribution in [2.45, 2.75) is 32.4 Å². The molecular weight excluding hydrogens is 435 g/mol. The number of carbonyl (C=O) groups is 2. The van der Waals surface area contributed by atoms with Crippen LogP contribution in [0.25, 0.3) is 0 Å². The quantitative estimate of drug-likeness (QED) is 0.659. The van der Waals surface area contributed by atoms with Crippen molar-refractivity contribution in [2.75, 3.05) is 18.9 Å². The molecule has 0 spiro atoms. The molecule has 1 aliphatic rings. The monoisotopic (exact) mass is 454 g/mol. The van der Waals surface area contributed by atoms with Gasteiger partial charge in [-0.15, -0.1) is 0 Å². The highest BCUT2D eigenvalue weighted by Gasteiger charge is 2.36. The second-order valence-electron chi connectivity index (χ2n) is 7.03. The molecule has 2 heterocycles. The molecule has 0 saturated carbocycles. The van der Waals surface area contributed by atoms with Gasteiger partial charge in [0.25, 0.3) is 0 Å². The maximum atomic E-state index is 13.0. The Balaban J connectivity index is 1.69. The van der Waals surface area contributed by atoms with Crippen molar-refractivity contribution in [3.05, 3.63) is 56.8 Å². The van der Waals surface area contributed by atoms with Crippen LogP contribution in [-0.4, -0.2) is 46.4 Å². The van der Waals surface area contributed by atoms with Crippen LogP contribution in [0.3, 0.4) is 0 Å². The predicted octanol–water partition coefficient (Wildman–Crippen LogP) is 5.01. The fraction of sp³-hybridized carbons (Fsp3) is 0.350. The number of aromatic nitrogens is 1. The summed E-state index contributed by atoms with van der Waals surface area (Å²) in [5.41, 5.74) is 2.06. The van der Waals surface area contributed by atoms with Crippen LogP contribution >= 0.6 is 34.8 Å². The number of halogens is 3. The fourth-order valence-electron chi connectivity index (χ4n) is 3.39. The van der Waals surface area contributed by atoms with Gasteiger partial charge >= 0.3 is 6.03 Å². The first-order valence-electron chi connectivity index (χ1n) is 9.16. The summed E-state index contributed by atoms with van der Waals surface area (Å²) in [6, 6.07) is 8.05. The lowest BCUT2D eigenvalue weighted by Gasteiger charge is -2.28. The number of hydrogen-bond donors (Lipinski definition) is 1. The maximum absolute atomic E-state index is 13.0. The molecular formula is C20H21Cl3N4O2. The summed E-state index contributed by atoms with van der Waals surface area (Å²) < 4.78 is 0. The van der Waals surface area contributed by atoms with Crippen LogP contribution in [0.1, 0.15) is 24.0 Å². The molecule has 1 N–H and O–H groups in total. The highest BCUT2D eigenvalue weighted by molar-refractivity contribution is 6.34. The first-order valence-corrected chi connectivity index (χ1v) is 10.3. The Kier molecular flexibility index (Phi) is 6.88. The Hall–Kier alpha value is -2.02. The van der Waals surface area contributed by atoms with E-state index >= 15 is 0 Å². The summed E-state index contributed by atoms with van der Waals surface area (Å²) in [7, 11) is 1.73. The molecule has 1 aliphatic heterocycles. The van der Waals surface area contributed by atoms with Crippen molar-refractivity contribution in [1.29, 1.82) is 0 Å². The topological polar surface area (TPSA) is 65.5 Å². The smallest absolute Gasteiger partial charge is 0.322 e. The number of benzene rings is 1. The number of urea groups is 1. The summed E-state index contributed by atoms with van der Waals surface area (Å²) in [6.45, 7) is 2.71. The second-order valence-corrected chi connectivity index (χ2v) is 8.21. The van der Waals surface area contributed by atoms with Crippen molar-refractivity contribution in [3.8, 4) is 0 Å². The van der Waals surface area contributed by atoms with E-state index in [0.717, 1.165) is 12.0 Å². The Morgan fingerprint density at radius 2 is 1.93 bits per heavy atom. The molecule has 3 rings (SSSR count). The largest absolute Gasteiger partial charge is 0.340 e. The average Bonchev–Trinajstić information content (AvgIpc) is 3.15. The summed E-state index contributed by atoms with van der Waals surface area (Å²) in [5.74, 6) is -0.107. The van der Waals surface area contributed by atoms with Gasteiger partial charge < -0.3 is 15.1 Å². The number of hydrogen-bond acceptors (Lipinski definition) is 3. The molecule has 1 aromatic carbocycles. The molecule has 6 nitrogen and oxygen atoms in total. The number of pyridine rings is 1. The van der Waals surface area contributed by atoms with Gasteiger partial charge in [0.2, 0.25) is 5.91 Å². The number of nitrogens with one attached hydrogen (secondary N) is 1. The minimum atomic E-state index is -0.522. The van der Waals surface area contributed by atoms with Gasteiger partial charge in [-0.2, -0.15) is 0 Å². The molecule has 3 amide bonds. The number of nitrogens with zero attached hydrogens (tertiary/aromatic N) is 3. The van der Waals surface area contributed by atoms with Crippen LogP contribution in [0, 0.1) is 6.92 Å². The van der Waals surface area contributed by atoms with Gasteiger partial charge in [-0.05, 0) is 49.1 Å². The lowest BCUT2D eigenvalue weighted by atomic mass is 10.1. The number of rotatable bonds is 4. The second kappa shape index (κ2) is 9.20. The number of aryl methyl sites for hydroxylation is 1. The minimum Gasteiger partial charge on any atom is -0.340 e. The van der Waals surface area contributed by atoms with Gasteiger partial charge in [-0.3, -0.25) is 4.79 Å². The van der Waals surface area contributed by atoms with E-state index in [1.165, 1.54) is 0 Å². The lowest BCUT2D eigenvalue weighted by molar-refractivity contribution is -0.134. The standard InChI is InChI=1S/C20H21Cl3N4O2/c1-12-10-16(22)24-18(23)17(12)25-20(29)27-9-3-4-15(27)19(28)26(2)11-13-5-7-14(21)8-6-13/h5-8,10,15H,3-4,9,11H2,1-2H3,(H,25,29)/t15-/m1/s1. The molecule has 29 heavy (non-hydrogen) atoms. The average molecular weight is 456 g/mol. The summed E-state index contributed by atoms with van der Waals surface area (Å²) >= 11 is 17.9. The molecule has 0 unspecified atom stereocenters. The fourth-order valence-corrected chi connectivity index (χ4v) is 4.09. The van der Waals surface area contributed by atoms with Crippen LogP contribution in [0.15, 0.2) is 30.3 Å². The third-order valence-corrected chi connectivity index (χ3v) is 5.60. The molecule has 0 bridgehead atoms. The van der Waals surface area contributed by atoms with Crippen LogP contribution < -0.4 is 5.32 Å². The third-order valence-electron chi connectivity index (χ3n) is 4.88. The molecule has 154 valence electrons. The number of anilines is 1. The van der Waals surface area contributed by atoms with E-state index < -0.39 is 6.04 Å². The predicted molar refractivity (Wildman–Crippen MR) is 116 cm³/mol. The van der Waals surface area contributed by atoms with E-state index in [9.17, 15) is 9.59 Å². The Labute approximate surface area is 184 Å². The third kappa shape index (κ3) is 5.13. The number of likely N-dealkylation sites (N-methyl/N-ethyl adjacent to an activating group) is 1. The van der Waals surface area contributed by atoms with Crippen molar-refractivity contribution in [2.24, 2.45) is 0 Å². The van der Waals surface area contributed by atoms with Crippen LogP contribution in [0.2, 0.25) is 15.3 Å². The SMILES string of the molecule is Cc1cc(Cl)nc(Cl)c1NC(=O)N1CCC[C@@H]1C(=O)N(C)Cc1ccc(Cl)cc1. The summed E-state index contributed by atoms with van der Waals surface area (Å²) in [4.78, 5) is 33.0. The molecule has 9 heteroatoms. The summed E-state index contributed by atoms with van der Waals surface area (Å²) in [6.07, 6.45) is 1.37. The van der Waals surface area contributed by atoms with Crippen LogP contribution in [-0.2, 0) is 11.3 Å². The van der Waals surface area contributed by atoms with E-state index in [1.54, 1.807) is 42.0 Å². The lowest BCUT2D eigenvalue weighted by Crippen LogP contribution is -2.47. The highest BCUT2D eigenvalue weighted by atomic mass is 35.5.